The second kappa shape index (κ2) is 7.56. The Labute approximate surface area is 173 Å². The molecule has 2 heterocycles. The number of amides is 1. The summed E-state index contributed by atoms with van der Waals surface area (Å²) in [6, 6.07) is 10.3. The van der Waals surface area contributed by atoms with Crippen molar-refractivity contribution >= 4 is 28.5 Å². The summed E-state index contributed by atoms with van der Waals surface area (Å²) < 4.78 is 11.6. The Balaban J connectivity index is 1.98. The van der Waals surface area contributed by atoms with E-state index in [1.54, 1.807) is 17.0 Å². The molecule has 0 saturated carbocycles. The third kappa shape index (κ3) is 3.19. The third-order valence-corrected chi connectivity index (χ3v) is 5.60. The number of nitrogens with zero attached hydrogens (tertiary/aromatic N) is 1. The van der Waals surface area contributed by atoms with E-state index in [2.05, 4.69) is 0 Å². The van der Waals surface area contributed by atoms with Crippen LogP contribution in [0.2, 0.25) is 5.02 Å². The summed E-state index contributed by atoms with van der Waals surface area (Å²) in [5.74, 6) is 0.552. The first-order valence-electron chi connectivity index (χ1n) is 9.76. The lowest BCUT2D eigenvalue weighted by Crippen LogP contribution is -2.30. The van der Waals surface area contributed by atoms with E-state index >= 15 is 0 Å². The van der Waals surface area contributed by atoms with Crippen LogP contribution in [0.5, 0.6) is 5.75 Å². The van der Waals surface area contributed by atoms with Crippen molar-refractivity contribution in [1.82, 2.24) is 4.90 Å². The largest absolute Gasteiger partial charge is 0.494 e. The van der Waals surface area contributed by atoms with Crippen LogP contribution in [0.15, 0.2) is 45.6 Å². The molecule has 29 heavy (non-hydrogen) atoms. The molecule has 1 amide bonds. The van der Waals surface area contributed by atoms with Gasteiger partial charge >= 0.3 is 0 Å². The summed E-state index contributed by atoms with van der Waals surface area (Å²) in [4.78, 5) is 28.3. The van der Waals surface area contributed by atoms with Crippen LogP contribution in [0.4, 0.5) is 0 Å². The minimum absolute atomic E-state index is 0.115. The first kappa shape index (κ1) is 19.5. The van der Waals surface area contributed by atoms with Gasteiger partial charge in [-0.2, -0.15) is 0 Å². The van der Waals surface area contributed by atoms with Crippen molar-refractivity contribution in [2.24, 2.45) is 0 Å². The number of halogens is 1. The van der Waals surface area contributed by atoms with E-state index in [4.69, 9.17) is 20.8 Å². The SMILES string of the molecule is CCCN1C(=O)c2oc3cc(C)c(Cl)cc3c(=O)c2C1c1cccc(OCC)c1. The number of hydrogen-bond acceptors (Lipinski definition) is 4. The van der Waals surface area contributed by atoms with Gasteiger partial charge in [-0.1, -0.05) is 30.7 Å². The van der Waals surface area contributed by atoms with Crippen LogP contribution < -0.4 is 10.2 Å². The van der Waals surface area contributed by atoms with E-state index in [0.29, 0.717) is 40.5 Å². The molecule has 0 bridgehead atoms. The van der Waals surface area contributed by atoms with E-state index in [-0.39, 0.29) is 17.1 Å². The molecule has 1 atom stereocenters. The Morgan fingerprint density at radius 2 is 1.97 bits per heavy atom. The molecule has 6 heteroatoms. The average Bonchev–Trinajstić information content (AvgIpc) is 2.97. The van der Waals surface area contributed by atoms with Gasteiger partial charge in [-0.25, -0.2) is 0 Å². The molecule has 0 spiro atoms. The Bertz CT molecular complexity index is 1170. The standard InChI is InChI=1S/C23H22ClNO4/c1-4-9-25-20(14-7-6-8-15(11-14)28-5-2)19-21(26)16-12-17(24)13(3)10-18(16)29-22(19)23(25)27/h6-8,10-12,20H,4-5,9H2,1-3H3. The van der Waals surface area contributed by atoms with Crippen LogP contribution in [-0.2, 0) is 0 Å². The summed E-state index contributed by atoms with van der Waals surface area (Å²) in [7, 11) is 0. The predicted molar refractivity (Wildman–Crippen MR) is 113 cm³/mol. The lowest BCUT2D eigenvalue weighted by Gasteiger charge is -2.25. The fourth-order valence-electron chi connectivity index (χ4n) is 3.90. The van der Waals surface area contributed by atoms with Crippen LogP contribution >= 0.6 is 11.6 Å². The molecule has 1 unspecified atom stereocenters. The maximum atomic E-state index is 13.4. The fourth-order valence-corrected chi connectivity index (χ4v) is 4.06. The highest BCUT2D eigenvalue weighted by molar-refractivity contribution is 6.32. The predicted octanol–water partition coefficient (Wildman–Crippen LogP) is 5.11. The molecule has 1 aromatic heterocycles. The number of hydrogen-bond donors (Lipinski definition) is 0. The molecule has 4 rings (SSSR count). The van der Waals surface area contributed by atoms with E-state index < -0.39 is 6.04 Å². The Morgan fingerprint density at radius 1 is 1.17 bits per heavy atom. The number of fused-ring (bicyclic) bond motifs is 2. The fraction of sp³-hybridized carbons (Fsp3) is 0.304. The van der Waals surface area contributed by atoms with E-state index in [0.717, 1.165) is 17.5 Å². The van der Waals surface area contributed by atoms with Crippen LogP contribution in [0.1, 0.15) is 53.6 Å². The summed E-state index contributed by atoms with van der Waals surface area (Å²) in [5.41, 5.74) is 2.14. The molecule has 1 aliphatic heterocycles. The first-order valence-corrected chi connectivity index (χ1v) is 10.1. The van der Waals surface area contributed by atoms with Gasteiger partial charge in [-0.15, -0.1) is 0 Å². The third-order valence-electron chi connectivity index (χ3n) is 5.20. The molecule has 0 aliphatic carbocycles. The molecule has 2 aromatic carbocycles. The number of aryl methyl sites for hydroxylation is 1. The normalized spacial score (nSPS) is 15.8. The maximum Gasteiger partial charge on any atom is 0.290 e. The molecule has 150 valence electrons. The van der Waals surface area contributed by atoms with Gasteiger partial charge in [0.25, 0.3) is 5.91 Å². The maximum absolute atomic E-state index is 13.4. The number of rotatable bonds is 5. The van der Waals surface area contributed by atoms with Gasteiger partial charge in [0, 0.05) is 11.6 Å². The lowest BCUT2D eigenvalue weighted by atomic mass is 9.98. The minimum Gasteiger partial charge on any atom is -0.494 e. The van der Waals surface area contributed by atoms with E-state index in [1.807, 2.05) is 45.0 Å². The molecule has 0 radical (unpaired) electrons. The number of carbonyl (C=O) groups is 1. The monoisotopic (exact) mass is 411 g/mol. The zero-order valence-electron chi connectivity index (χ0n) is 16.6. The van der Waals surface area contributed by atoms with Crippen molar-refractivity contribution in [2.75, 3.05) is 13.2 Å². The zero-order valence-corrected chi connectivity index (χ0v) is 17.4. The van der Waals surface area contributed by atoms with Gasteiger partial charge in [-0.05, 0) is 55.7 Å². The number of benzene rings is 2. The van der Waals surface area contributed by atoms with Gasteiger partial charge in [0.05, 0.1) is 23.6 Å². The van der Waals surface area contributed by atoms with Crippen molar-refractivity contribution in [2.45, 2.75) is 33.2 Å². The molecule has 0 fully saturated rings. The first-order chi connectivity index (χ1) is 14.0. The minimum atomic E-state index is -0.515. The number of ether oxygens (including phenoxy) is 1. The van der Waals surface area contributed by atoms with Gasteiger partial charge in [0.2, 0.25) is 5.76 Å². The second-order valence-corrected chi connectivity index (χ2v) is 7.59. The van der Waals surface area contributed by atoms with Crippen LogP contribution in [0.25, 0.3) is 11.0 Å². The molecular weight excluding hydrogens is 390 g/mol. The van der Waals surface area contributed by atoms with Crippen LogP contribution in [0.3, 0.4) is 0 Å². The van der Waals surface area contributed by atoms with Crippen LogP contribution in [0, 0.1) is 6.92 Å². The van der Waals surface area contributed by atoms with Crippen molar-refractivity contribution in [3.05, 3.63) is 74.1 Å². The Hall–Kier alpha value is -2.79. The van der Waals surface area contributed by atoms with Crippen molar-refractivity contribution in [1.29, 1.82) is 0 Å². The molecule has 0 saturated heterocycles. The quantitative estimate of drug-likeness (QED) is 0.585. The highest BCUT2D eigenvalue weighted by Crippen LogP contribution is 2.39. The lowest BCUT2D eigenvalue weighted by molar-refractivity contribution is 0.0728. The summed E-state index contributed by atoms with van der Waals surface area (Å²) >= 11 is 6.25. The van der Waals surface area contributed by atoms with Crippen molar-refractivity contribution < 1.29 is 13.9 Å². The molecular formula is C23H22ClNO4. The highest BCUT2D eigenvalue weighted by Gasteiger charge is 2.42. The van der Waals surface area contributed by atoms with Crippen molar-refractivity contribution in [3.8, 4) is 5.75 Å². The average molecular weight is 412 g/mol. The highest BCUT2D eigenvalue weighted by atomic mass is 35.5. The van der Waals surface area contributed by atoms with Crippen molar-refractivity contribution in [3.63, 3.8) is 0 Å². The Morgan fingerprint density at radius 3 is 2.69 bits per heavy atom. The van der Waals surface area contributed by atoms with Gasteiger partial charge < -0.3 is 14.1 Å². The summed E-state index contributed by atoms with van der Waals surface area (Å²) in [6.45, 7) is 6.80. The Kier molecular flexibility index (Phi) is 5.09. The molecule has 3 aromatic rings. The van der Waals surface area contributed by atoms with Crippen LogP contribution in [-0.4, -0.2) is 24.0 Å². The molecule has 1 aliphatic rings. The second-order valence-electron chi connectivity index (χ2n) is 7.18. The van der Waals surface area contributed by atoms with Gasteiger partial charge in [-0.3, -0.25) is 9.59 Å². The zero-order chi connectivity index (χ0) is 20.7. The number of carbonyl (C=O) groups excluding carboxylic acids is 1. The van der Waals surface area contributed by atoms with E-state index in [1.165, 1.54) is 0 Å². The van der Waals surface area contributed by atoms with E-state index in [9.17, 15) is 9.59 Å². The topological polar surface area (TPSA) is 59.8 Å². The molecule has 0 N–H and O–H groups in total. The molecule has 5 nitrogen and oxygen atoms in total. The smallest absolute Gasteiger partial charge is 0.290 e. The van der Waals surface area contributed by atoms with Gasteiger partial charge in [0.15, 0.2) is 5.43 Å². The van der Waals surface area contributed by atoms with Gasteiger partial charge in [0.1, 0.15) is 11.3 Å². The summed E-state index contributed by atoms with van der Waals surface area (Å²) in [6.07, 6.45) is 0.764. The summed E-state index contributed by atoms with van der Waals surface area (Å²) in [5, 5.41) is 0.880.